The van der Waals surface area contributed by atoms with E-state index in [-0.39, 0.29) is 11.9 Å². The molecule has 140 valence electrons. The van der Waals surface area contributed by atoms with Gasteiger partial charge in [-0.3, -0.25) is 9.78 Å². The molecule has 0 bridgehead atoms. The van der Waals surface area contributed by atoms with Crippen molar-refractivity contribution in [3.8, 4) is 0 Å². The van der Waals surface area contributed by atoms with Gasteiger partial charge in [0, 0.05) is 37.6 Å². The second kappa shape index (κ2) is 7.74. The maximum Gasteiger partial charge on any atom is 0.270 e. The van der Waals surface area contributed by atoms with Crippen molar-refractivity contribution in [2.24, 2.45) is 0 Å². The van der Waals surface area contributed by atoms with Gasteiger partial charge >= 0.3 is 0 Å². The molecule has 0 saturated carbocycles. The summed E-state index contributed by atoms with van der Waals surface area (Å²) in [4.78, 5) is 21.9. The molecule has 1 N–H and O–H groups in total. The molecule has 1 amide bonds. The molecule has 0 unspecified atom stereocenters. The van der Waals surface area contributed by atoms with Crippen LogP contribution >= 0.6 is 11.3 Å². The summed E-state index contributed by atoms with van der Waals surface area (Å²) in [7, 11) is 0. The SMILES string of the molecule is Cc1ccc(Cc2cc(C(=O)NC3CCOCC3)nc3c(C)csc23)cn1. The number of amides is 1. The standard InChI is InChI=1S/C21H23N3O2S/c1-13-12-27-20-16(9-15-4-3-14(2)22-11-15)10-18(24-19(13)20)21(25)23-17-5-7-26-8-6-17/h3-4,10-12,17H,5-9H2,1-2H3,(H,23,25). The Hall–Kier alpha value is -2.31. The van der Waals surface area contributed by atoms with Crippen LogP contribution < -0.4 is 5.32 Å². The van der Waals surface area contributed by atoms with E-state index in [4.69, 9.17) is 4.74 Å². The molecule has 0 spiro atoms. The van der Waals surface area contributed by atoms with Crippen LogP contribution in [0.4, 0.5) is 0 Å². The van der Waals surface area contributed by atoms with Crippen LogP contribution in [-0.4, -0.2) is 35.1 Å². The van der Waals surface area contributed by atoms with Gasteiger partial charge in [0.05, 0.1) is 10.2 Å². The fourth-order valence-corrected chi connectivity index (χ4v) is 4.37. The fourth-order valence-electron chi connectivity index (χ4n) is 3.36. The molecule has 0 aliphatic carbocycles. The normalized spacial score (nSPS) is 15.2. The Labute approximate surface area is 162 Å². The number of nitrogens with one attached hydrogen (secondary N) is 1. The van der Waals surface area contributed by atoms with E-state index in [1.54, 1.807) is 11.3 Å². The number of aryl methyl sites for hydroxylation is 2. The molecule has 27 heavy (non-hydrogen) atoms. The second-order valence-electron chi connectivity index (χ2n) is 7.11. The number of ether oxygens (including phenoxy) is 1. The average Bonchev–Trinajstić information content (AvgIpc) is 3.06. The third-order valence-corrected chi connectivity index (χ3v) is 6.10. The van der Waals surface area contributed by atoms with Gasteiger partial charge in [-0.1, -0.05) is 6.07 Å². The van der Waals surface area contributed by atoms with E-state index in [9.17, 15) is 4.79 Å². The molecule has 0 radical (unpaired) electrons. The zero-order valence-electron chi connectivity index (χ0n) is 15.6. The first-order valence-corrected chi connectivity index (χ1v) is 10.2. The van der Waals surface area contributed by atoms with Gasteiger partial charge in [0.1, 0.15) is 5.69 Å². The molecule has 6 heteroatoms. The Kier molecular flexibility index (Phi) is 5.18. The highest BCUT2D eigenvalue weighted by Crippen LogP contribution is 2.29. The monoisotopic (exact) mass is 381 g/mol. The smallest absolute Gasteiger partial charge is 0.270 e. The van der Waals surface area contributed by atoms with Gasteiger partial charge in [-0.05, 0) is 60.9 Å². The Balaban J connectivity index is 1.65. The molecule has 0 aromatic carbocycles. The van der Waals surface area contributed by atoms with E-state index >= 15 is 0 Å². The van der Waals surface area contributed by atoms with Crippen molar-refractivity contribution < 1.29 is 9.53 Å². The molecule has 3 aromatic heterocycles. The van der Waals surface area contributed by atoms with Gasteiger partial charge in [0.2, 0.25) is 0 Å². The number of fused-ring (bicyclic) bond motifs is 1. The number of hydrogen-bond acceptors (Lipinski definition) is 5. The summed E-state index contributed by atoms with van der Waals surface area (Å²) >= 11 is 1.69. The van der Waals surface area contributed by atoms with Crippen LogP contribution in [0, 0.1) is 13.8 Å². The predicted molar refractivity (Wildman–Crippen MR) is 107 cm³/mol. The first-order chi connectivity index (χ1) is 13.1. The van der Waals surface area contributed by atoms with Crippen molar-refractivity contribution in [3.05, 3.63) is 57.9 Å². The van der Waals surface area contributed by atoms with Crippen molar-refractivity contribution >= 4 is 27.5 Å². The molecule has 0 atom stereocenters. The number of hydrogen-bond donors (Lipinski definition) is 1. The number of carbonyl (C=O) groups excluding carboxylic acids is 1. The van der Waals surface area contributed by atoms with Crippen LogP contribution in [0.25, 0.3) is 10.2 Å². The molecule has 1 aliphatic heterocycles. The predicted octanol–water partition coefficient (Wildman–Crippen LogP) is 3.81. The second-order valence-corrected chi connectivity index (χ2v) is 7.99. The van der Waals surface area contributed by atoms with Gasteiger partial charge < -0.3 is 10.1 Å². The molecule has 1 saturated heterocycles. The first-order valence-electron chi connectivity index (χ1n) is 9.28. The molecule has 3 aromatic rings. The van der Waals surface area contributed by atoms with Crippen LogP contribution in [-0.2, 0) is 11.2 Å². The van der Waals surface area contributed by atoms with Crippen LogP contribution in [0.3, 0.4) is 0 Å². The number of aromatic nitrogens is 2. The zero-order valence-corrected chi connectivity index (χ0v) is 16.4. The van der Waals surface area contributed by atoms with E-state index in [1.807, 2.05) is 32.2 Å². The lowest BCUT2D eigenvalue weighted by atomic mass is 10.0. The number of thiophene rings is 1. The Bertz CT molecular complexity index is 959. The van der Waals surface area contributed by atoms with Crippen molar-refractivity contribution in [2.45, 2.75) is 39.2 Å². The highest BCUT2D eigenvalue weighted by atomic mass is 32.1. The molecule has 5 nitrogen and oxygen atoms in total. The molecular formula is C21H23N3O2S. The van der Waals surface area contributed by atoms with Crippen LogP contribution in [0.2, 0.25) is 0 Å². The van der Waals surface area contributed by atoms with Crippen molar-refractivity contribution in [1.82, 2.24) is 15.3 Å². The molecule has 4 rings (SSSR count). The fraction of sp³-hybridized carbons (Fsp3) is 0.381. The number of pyridine rings is 2. The highest BCUT2D eigenvalue weighted by Gasteiger charge is 2.20. The van der Waals surface area contributed by atoms with Crippen LogP contribution in [0.5, 0.6) is 0 Å². The lowest BCUT2D eigenvalue weighted by Crippen LogP contribution is -2.39. The molecule has 1 aliphatic rings. The van der Waals surface area contributed by atoms with Crippen LogP contribution in [0.15, 0.2) is 29.8 Å². The molecule has 4 heterocycles. The summed E-state index contributed by atoms with van der Waals surface area (Å²) in [5.41, 5.74) is 5.79. The summed E-state index contributed by atoms with van der Waals surface area (Å²) in [6.45, 7) is 5.43. The number of carbonyl (C=O) groups is 1. The third kappa shape index (κ3) is 4.01. The number of nitrogens with zero attached hydrogens (tertiary/aromatic N) is 2. The average molecular weight is 382 g/mol. The van der Waals surface area contributed by atoms with Crippen molar-refractivity contribution in [3.63, 3.8) is 0 Å². The summed E-state index contributed by atoms with van der Waals surface area (Å²) in [5, 5.41) is 5.23. The summed E-state index contributed by atoms with van der Waals surface area (Å²) in [5.74, 6) is -0.0994. The summed E-state index contributed by atoms with van der Waals surface area (Å²) in [6, 6.07) is 6.22. The Morgan fingerprint density at radius 1 is 1.30 bits per heavy atom. The minimum Gasteiger partial charge on any atom is -0.381 e. The topological polar surface area (TPSA) is 64.1 Å². The van der Waals surface area contributed by atoms with Crippen LogP contribution in [0.1, 0.15) is 45.7 Å². The van der Waals surface area contributed by atoms with Crippen molar-refractivity contribution in [1.29, 1.82) is 0 Å². The zero-order chi connectivity index (χ0) is 18.8. The quantitative estimate of drug-likeness (QED) is 0.746. The minimum atomic E-state index is -0.0994. The summed E-state index contributed by atoms with van der Waals surface area (Å²) in [6.07, 6.45) is 4.36. The minimum absolute atomic E-state index is 0.0994. The first kappa shape index (κ1) is 18.1. The molecular weight excluding hydrogens is 358 g/mol. The number of rotatable bonds is 4. The third-order valence-electron chi connectivity index (χ3n) is 4.93. The van der Waals surface area contributed by atoms with E-state index in [0.717, 1.165) is 51.9 Å². The van der Waals surface area contributed by atoms with E-state index in [0.29, 0.717) is 18.9 Å². The summed E-state index contributed by atoms with van der Waals surface area (Å²) < 4.78 is 6.52. The van der Waals surface area contributed by atoms with Gasteiger partial charge in [0.15, 0.2) is 0 Å². The van der Waals surface area contributed by atoms with Crippen molar-refractivity contribution in [2.75, 3.05) is 13.2 Å². The van der Waals surface area contributed by atoms with Gasteiger partial charge in [0.25, 0.3) is 5.91 Å². The maximum atomic E-state index is 12.8. The van der Waals surface area contributed by atoms with Gasteiger partial charge in [-0.2, -0.15) is 0 Å². The van der Waals surface area contributed by atoms with Gasteiger partial charge in [-0.15, -0.1) is 11.3 Å². The maximum absolute atomic E-state index is 12.8. The van der Waals surface area contributed by atoms with E-state index in [2.05, 4.69) is 26.7 Å². The molecule has 1 fully saturated rings. The highest BCUT2D eigenvalue weighted by molar-refractivity contribution is 7.17. The lowest BCUT2D eigenvalue weighted by Gasteiger charge is -2.23. The Morgan fingerprint density at radius 2 is 2.11 bits per heavy atom. The van der Waals surface area contributed by atoms with E-state index in [1.165, 1.54) is 0 Å². The van der Waals surface area contributed by atoms with Gasteiger partial charge in [-0.25, -0.2) is 4.98 Å². The largest absolute Gasteiger partial charge is 0.381 e. The Morgan fingerprint density at radius 3 is 2.85 bits per heavy atom. The van der Waals surface area contributed by atoms with E-state index < -0.39 is 0 Å². The lowest BCUT2D eigenvalue weighted by molar-refractivity contribution is 0.0694.